The van der Waals surface area contributed by atoms with Crippen molar-refractivity contribution < 1.29 is 13.6 Å². The minimum atomic E-state index is -0.950. The third kappa shape index (κ3) is 2.90. The number of hydrogen-bond acceptors (Lipinski definition) is 2. The van der Waals surface area contributed by atoms with E-state index in [0.29, 0.717) is 0 Å². The van der Waals surface area contributed by atoms with Gasteiger partial charge in [0.1, 0.15) is 0 Å². The van der Waals surface area contributed by atoms with Gasteiger partial charge in [-0.15, -0.1) is 0 Å². The Kier molecular flexibility index (Phi) is 3.60. The van der Waals surface area contributed by atoms with E-state index in [1.54, 1.807) is 6.92 Å². The van der Waals surface area contributed by atoms with E-state index in [2.05, 4.69) is 5.32 Å². The molecule has 0 saturated heterocycles. The summed E-state index contributed by atoms with van der Waals surface area (Å²) in [4.78, 5) is 10.7. The molecule has 0 aromatic heterocycles. The Bertz CT molecular complexity index is 368. The maximum absolute atomic E-state index is 13.1. The van der Waals surface area contributed by atoms with Crippen molar-refractivity contribution in [1.82, 2.24) is 0 Å². The molecule has 1 amide bonds. The summed E-state index contributed by atoms with van der Waals surface area (Å²) in [5, 5.41) is 2.62. The lowest BCUT2D eigenvalue weighted by molar-refractivity contribution is -0.120. The first kappa shape index (κ1) is 11.4. The molecule has 1 aromatic rings. The fourth-order valence-corrected chi connectivity index (χ4v) is 1.00. The quantitative estimate of drug-likeness (QED) is 0.798. The molecular formula is C10H12F2N2O. The molecule has 0 radical (unpaired) electrons. The van der Waals surface area contributed by atoms with Gasteiger partial charge >= 0.3 is 0 Å². The van der Waals surface area contributed by atoms with Gasteiger partial charge in [0.15, 0.2) is 11.6 Å². The summed E-state index contributed by atoms with van der Waals surface area (Å²) in [5.41, 5.74) is 5.05. The first-order chi connectivity index (χ1) is 7.02. The number of halogens is 2. The van der Waals surface area contributed by atoms with Gasteiger partial charge in [0.05, 0.1) is 11.6 Å². The van der Waals surface area contributed by atoms with Crippen molar-refractivity contribution in [3.05, 3.63) is 29.8 Å². The van der Waals surface area contributed by atoms with Crippen molar-refractivity contribution in [2.75, 3.05) is 11.9 Å². The highest BCUT2D eigenvalue weighted by atomic mass is 19.2. The van der Waals surface area contributed by atoms with Gasteiger partial charge in [-0.1, -0.05) is 13.0 Å². The Morgan fingerprint density at radius 1 is 1.53 bits per heavy atom. The molecule has 15 heavy (non-hydrogen) atoms. The zero-order chi connectivity index (χ0) is 11.4. The molecule has 5 heteroatoms. The summed E-state index contributed by atoms with van der Waals surface area (Å²) < 4.78 is 25.9. The number of rotatable bonds is 4. The van der Waals surface area contributed by atoms with Crippen LogP contribution in [-0.4, -0.2) is 12.5 Å². The predicted octanol–water partition coefficient (Wildman–Crippen LogP) is 1.50. The van der Waals surface area contributed by atoms with Crippen LogP contribution in [-0.2, 0) is 4.79 Å². The first-order valence-corrected chi connectivity index (χ1v) is 4.49. The number of carbonyl (C=O) groups is 1. The summed E-state index contributed by atoms with van der Waals surface area (Å²) in [6.45, 7) is 1.78. The van der Waals surface area contributed by atoms with E-state index in [1.807, 2.05) is 0 Å². The van der Waals surface area contributed by atoms with Crippen molar-refractivity contribution in [2.45, 2.75) is 6.92 Å². The molecule has 0 saturated carbocycles. The predicted molar refractivity (Wildman–Crippen MR) is 53.2 cm³/mol. The van der Waals surface area contributed by atoms with E-state index in [4.69, 9.17) is 5.73 Å². The van der Waals surface area contributed by atoms with Crippen molar-refractivity contribution in [3.63, 3.8) is 0 Å². The third-order valence-electron chi connectivity index (χ3n) is 2.04. The van der Waals surface area contributed by atoms with Crippen LogP contribution in [0.4, 0.5) is 14.5 Å². The van der Waals surface area contributed by atoms with Crippen molar-refractivity contribution >= 4 is 11.6 Å². The molecule has 1 rings (SSSR count). The van der Waals surface area contributed by atoms with Gasteiger partial charge in [0, 0.05) is 6.54 Å². The van der Waals surface area contributed by atoms with E-state index in [0.717, 1.165) is 6.07 Å². The normalized spacial score (nSPS) is 12.2. The first-order valence-electron chi connectivity index (χ1n) is 4.49. The molecule has 3 nitrogen and oxygen atoms in total. The molecule has 3 N–H and O–H groups in total. The smallest absolute Gasteiger partial charge is 0.222 e. The molecule has 0 aliphatic carbocycles. The highest BCUT2D eigenvalue weighted by molar-refractivity contribution is 5.76. The van der Waals surface area contributed by atoms with Crippen LogP contribution in [0.2, 0.25) is 0 Å². The molecule has 0 spiro atoms. The van der Waals surface area contributed by atoms with Gasteiger partial charge in [-0.05, 0) is 12.1 Å². The number of hydrogen-bond donors (Lipinski definition) is 2. The van der Waals surface area contributed by atoms with Gasteiger partial charge in [0.2, 0.25) is 5.91 Å². The lowest BCUT2D eigenvalue weighted by atomic mass is 10.1. The fourth-order valence-electron chi connectivity index (χ4n) is 1.00. The number of anilines is 1. The van der Waals surface area contributed by atoms with E-state index in [1.165, 1.54) is 12.1 Å². The molecular weight excluding hydrogens is 202 g/mol. The summed E-state index contributed by atoms with van der Waals surface area (Å²) in [6.07, 6.45) is 0. The van der Waals surface area contributed by atoms with Gasteiger partial charge < -0.3 is 11.1 Å². The average molecular weight is 214 g/mol. The molecule has 1 unspecified atom stereocenters. The summed E-state index contributed by atoms with van der Waals surface area (Å²) in [6, 6.07) is 3.81. The van der Waals surface area contributed by atoms with Gasteiger partial charge in [-0.25, -0.2) is 8.78 Å². The highest BCUT2D eigenvalue weighted by Crippen LogP contribution is 2.16. The molecule has 0 aliphatic heterocycles. The van der Waals surface area contributed by atoms with Crippen LogP contribution in [0.25, 0.3) is 0 Å². The van der Waals surface area contributed by atoms with Crippen LogP contribution >= 0.6 is 0 Å². The Morgan fingerprint density at radius 2 is 2.20 bits per heavy atom. The van der Waals surface area contributed by atoms with Gasteiger partial charge in [0.25, 0.3) is 0 Å². The second kappa shape index (κ2) is 4.72. The zero-order valence-corrected chi connectivity index (χ0v) is 8.26. The SMILES string of the molecule is CC(CNc1cccc(F)c1F)C(N)=O. The molecule has 0 heterocycles. The lowest BCUT2D eigenvalue weighted by Gasteiger charge is -2.10. The number of benzene rings is 1. The Hall–Kier alpha value is -1.65. The molecule has 1 aromatic carbocycles. The molecule has 82 valence electrons. The minimum Gasteiger partial charge on any atom is -0.382 e. The maximum Gasteiger partial charge on any atom is 0.222 e. The van der Waals surface area contributed by atoms with Crippen molar-refractivity contribution in [1.29, 1.82) is 0 Å². The van der Waals surface area contributed by atoms with Crippen LogP contribution < -0.4 is 11.1 Å². The number of amides is 1. The summed E-state index contributed by atoms with van der Waals surface area (Å²) in [5.74, 6) is -2.80. The Labute approximate surface area is 86.3 Å². The van der Waals surface area contributed by atoms with Crippen LogP contribution in [0.5, 0.6) is 0 Å². The Balaban J connectivity index is 2.66. The standard InChI is InChI=1S/C10H12F2N2O/c1-6(10(13)15)5-14-8-4-2-3-7(11)9(8)12/h2-4,6,14H,5H2,1H3,(H2,13,15). The van der Waals surface area contributed by atoms with Gasteiger partial charge in [-0.3, -0.25) is 4.79 Å². The molecule has 0 fully saturated rings. The van der Waals surface area contributed by atoms with Crippen LogP contribution in [0.3, 0.4) is 0 Å². The van der Waals surface area contributed by atoms with E-state index < -0.39 is 23.5 Å². The van der Waals surface area contributed by atoms with Crippen LogP contribution in [0.15, 0.2) is 18.2 Å². The van der Waals surface area contributed by atoms with Crippen molar-refractivity contribution in [2.24, 2.45) is 11.7 Å². The summed E-state index contributed by atoms with van der Waals surface area (Å²) in [7, 11) is 0. The Morgan fingerprint density at radius 3 is 2.80 bits per heavy atom. The van der Waals surface area contributed by atoms with Crippen molar-refractivity contribution in [3.8, 4) is 0 Å². The maximum atomic E-state index is 13.1. The number of nitrogens with two attached hydrogens (primary N) is 1. The van der Waals surface area contributed by atoms with Crippen LogP contribution in [0.1, 0.15) is 6.92 Å². The third-order valence-corrected chi connectivity index (χ3v) is 2.04. The van der Waals surface area contributed by atoms with Gasteiger partial charge in [-0.2, -0.15) is 0 Å². The molecule has 1 atom stereocenters. The fraction of sp³-hybridized carbons (Fsp3) is 0.300. The minimum absolute atomic E-state index is 0.0306. The lowest BCUT2D eigenvalue weighted by Crippen LogP contribution is -2.27. The van der Waals surface area contributed by atoms with E-state index >= 15 is 0 Å². The monoisotopic (exact) mass is 214 g/mol. The topological polar surface area (TPSA) is 55.1 Å². The van der Waals surface area contributed by atoms with E-state index in [-0.39, 0.29) is 12.2 Å². The summed E-state index contributed by atoms with van der Waals surface area (Å²) >= 11 is 0. The highest BCUT2D eigenvalue weighted by Gasteiger charge is 2.11. The molecule has 0 bridgehead atoms. The van der Waals surface area contributed by atoms with E-state index in [9.17, 15) is 13.6 Å². The number of primary amides is 1. The second-order valence-electron chi connectivity index (χ2n) is 3.29. The second-order valence-corrected chi connectivity index (χ2v) is 3.29. The largest absolute Gasteiger partial charge is 0.382 e. The average Bonchev–Trinajstić information content (AvgIpc) is 2.19. The van der Waals surface area contributed by atoms with Crippen LogP contribution in [0, 0.1) is 17.6 Å². The molecule has 0 aliphatic rings. The number of carbonyl (C=O) groups excluding carboxylic acids is 1. The number of nitrogens with one attached hydrogen (secondary N) is 1. The zero-order valence-electron chi connectivity index (χ0n) is 8.26.